The zero-order valence-corrected chi connectivity index (χ0v) is 17.2. The van der Waals surface area contributed by atoms with Gasteiger partial charge in [0.05, 0.1) is 19.2 Å². The molecule has 2 fully saturated rings. The molecule has 1 aromatic heterocycles. The van der Waals surface area contributed by atoms with E-state index in [2.05, 4.69) is 15.2 Å². The molecule has 0 bridgehead atoms. The molecule has 0 unspecified atom stereocenters. The third-order valence-corrected chi connectivity index (χ3v) is 5.98. The van der Waals surface area contributed by atoms with E-state index in [1.807, 2.05) is 24.3 Å². The molecule has 1 aliphatic heterocycles. The molecule has 1 saturated heterocycles. The summed E-state index contributed by atoms with van der Waals surface area (Å²) in [5.74, 6) is 1.12. The van der Waals surface area contributed by atoms with Gasteiger partial charge in [0.15, 0.2) is 0 Å². The quantitative estimate of drug-likeness (QED) is 0.759. The monoisotopic (exact) mass is 411 g/mol. The van der Waals surface area contributed by atoms with Crippen LogP contribution in [0.1, 0.15) is 36.2 Å². The lowest BCUT2D eigenvalue weighted by Crippen LogP contribution is -2.54. The molecule has 2 aromatic rings. The van der Waals surface area contributed by atoms with Crippen molar-refractivity contribution in [3.05, 3.63) is 54.4 Å². The van der Waals surface area contributed by atoms with Gasteiger partial charge in [0.2, 0.25) is 0 Å². The highest BCUT2D eigenvalue weighted by atomic mass is 16.5. The van der Waals surface area contributed by atoms with E-state index >= 15 is 0 Å². The summed E-state index contributed by atoms with van der Waals surface area (Å²) in [6.45, 7) is 1.84. The molecular formula is C23H29N3O4. The lowest BCUT2D eigenvalue weighted by atomic mass is 10.0. The average molecular weight is 412 g/mol. The van der Waals surface area contributed by atoms with Crippen molar-refractivity contribution in [3.8, 4) is 11.5 Å². The third kappa shape index (κ3) is 4.57. The Morgan fingerprint density at radius 2 is 1.93 bits per heavy atom. The van der Waals surface area contributed by atoms with Crippen molar-refractivity contribution < 1.29 is 19.4 Å². The van der Waals surface area contributed by atoms with E-state index in [4.69, 9.17) is 9.47 Å². The summed E-state index contributed by atoms with van der Waals surface area (Å²) in [5.41, 5.74) is 0.376. The Kier molecular flexibility index (Phi) is 6.50. The number of methoxy groups -OCH3 is 1. The Hall–Kier alpha value is -2.64. The maximum atomic E-state index is 12.8. The topological polar surface area (TPSA) is 83.9 Å². The molecule has 160 valence electrons. The highest BCUT2D eigenvalue weighted by Crippen LogP contribution is 2.32. The van der Waals surface area contributed by atoms with E-state index in [0.717, 1.165) is 25.9 Å². The number of piperidine rings is 1. The normalized spacial score (nSPS) is 26.9. The molecule has 30 heavy (non-hydrogen) atoms. The molecule has 2 aliphatic rings. The summed E-state index contributed by atoms with van der Waals surface area (Å²) in [6, 6.07) is 12.2. The van der Waals surface area contributed by atoms with Gasteiger partial charge in [-0.3, -0.25) is 14.7 Å². The van der Waals surface area contributed by atoms with E-state index in [0.29, 0.717) is 23.6 Å². The minimum absolute atomic E-state index is 0.187. The Morgan fingerprint density at radius 3 is 2.67 bits per heavy atom. The van der Waals surface area contributed by atoms with Crippen LogP contribution in [0.2, 0.25) is 0 Å². The van der Waals surface area contributed by atoms with Crippen LogP contribution in [0.15, 0.2) is 48.7 Å². The second kappa shape index (κ2) is 9.45. The van der Waals surface area contributed by atoms with Crippen LogP contribution in [0, 0.1) is 0 Å². The van der Waals surface area contributed by atoms with Gasteiger partial charge in [-0.2, -0.15) is 0 Å². The predicted molar refractivity (Wildman–Crippen MR) is 113 cm³/mol. The maximum Gasteiger partial charge on any atom is 0.270 e. The molecule has 1 aromatic carbocycles. The number of rotatable bonds is 6. The number of nitrogens with one attached hydrogen (secondary N) is 1. The highest BCUT2D eigenvalue weighted by Gasteiger charge is 2.47. The first-order chi connectivity index (χ1) is 14.7. The van der Waals surface area contributed by atoms with Gasteiger partial charge in [0, 0.05) is 18.7 Å². The number of carbonyl (C=O) groups excluding carboxylic acids is 1. The van der Waals surface area contributed by atoms with Crippen LogP contribution in [0.3, 0.4) is 0 Å². The smallest absolute Gasteiger partial charge is 0.270 e. The van der Waals surface area contributed by atoms with E-state index in [1.165, 1.54) is 6.42 Å². The molecule has 7 nitrogen and oxygen atoms in total. The van der Waals surface area contributed by atoms with Crippen LogP contribution in [-0.2, 0) is 0 Å². The van der Waals surface area contributed by atoms with Crippen molar-refractivity contribution in [2.75, 3.05) is 20.2 Å². The Labute approximate surface area is 177 Å². The summed E-state index contributed by atoms with van der Waals surface area (Å²) in [6.07, 6.45) is 4.42. The predicted octanol–water partition coefficient (Wildman–Crippen LogP) is 2.26. The van der Waals surface area contributed by atoms with Crippen molar-refractivity contribution in [2.45, 2.75) is 50.0 Å². The van der Waals surface area contributed by atoms with Crippen molar-refractivity contribution in [3.63, 3.8) is 0 Å². The molecule has 2 N–H and O–H groups in total. The molecular weight excluding hydrogens is 382 g/mol. The SMILES string of the molecule is COc1cccc(O[C@@H]2C[C@@H](NC(=O)c3ccccn3)[C@H](N3CCCCC3)[C@H]2O)c1. The van der Waals surface area contributed by atoms with Crippen LogP contribution in [-0.4, -0.2) is 65.4 Å². The van der Waals surface area contributed by atoms with Gasteiger partial charge in [-0.25, -0.2) is 0 Å². The minimum atomic E-state index is -0.705. The number of hydrogen-bond acceptors (Lipinski definition) is 6. The van der Waals surface area contributed by atoms with Crippen molar-refractivity contribution in [2.24, 2.45) is 0 Å². The van der Waals surface area contributed by atoms with Crippen molar-refractivity contribution in [1.29, 1.82) is 0 Å². The summed E-state index contributed by atoms with van der Waals surface area (Å²) in [5, 5.41) is 14.3. The fraction of sp³-hybridized carbons (Fsp3) is 0.478. The van der Waals surface area contributed by atoms with Crippen LogP contribution in [0.5, 0.6) is 11.5 Å². The molecule has 7 heteroatoms. The minimum Gasteiger partial charge on any atom is -0.497 e. The van der Waals surface area contributed by atoms with Crippen molar-refractivity contribution in [1.82, 2.24) is 15.2 Å². The standard InChI is InChI=1S/C23H29N3O4/c1-29-16-8-7-9-17(14-16)30-20-15-19(25-23(28)18-10-3-4-11-24-18)21(22(20)27)26-12-5-2-6-13-26/h3-4,7-11,14,19-22,27H,2,5-6,12-13,15H2,1H3,(H,25,28)/t19-,20-,21+,22+/m1/s1. The van der Waals surface area contributed by atoms with E-state index in [9.17, 15) is 9.90 Å². The highest BCUT2D eigenvalue weighted by molar-refractivity contribution is 5.92. The molecule has 1 aliphatic carbocycles. The Balaban J connectivity index is 1.52. The Morgan fingerprint density at radius 1 is 1.13 bits per heavy atom. The van der Waals surface area contributed by atoms with E-state index in [-0.39, 0.29) is 18.0 Å². The number of amides is 1. The van der Waals surface area contributed by atoms with Crippen LogP contribution in [0.4, 0.5) is 0 Å². The van der Waals surface area contributed by atoms with Crippen LogP contribution in [0.25, 0.3) is 0 Å². The number of hydrogen-bond donors (Lipinski definition) is 2. The number of nitrogens with zero attached hydrogens (tertiary/aromatic N) is 2. The summed E-state index contributed by atoms with van der Waals surface area (Å²) < 4.78 is 11.4. The fourth-order valence-corrected chi connectivity index (χ4v) is 4.52. The van der Waals surface area contributed by atoms with Gasteiger partial charge in [0.1, 0.15) is 29.4 Å². The number of ether oxygens (including phenoxy) is 2. The van der Waals surface area contributed by atoms with Crippen molar-refractivity contribution >= 4 is 5.91 Å². The number of aromatic nitrogens is 1. The first-order valence-electron chi connectivity index (χ1n) is 10.6. The van der Waals surface area contributed by atoms with Gasteiger partial charge in [-0.15, -0.1) is 0 Å². The van der Waals surface area contributed by atoms with Crippen LogP contribution < -0.4 is 14.8 Å². The molecule has 1 saturated carbocycles. The number of pyridine rings is 1. The Bertz CT molecular complexity index is 841. The van der Waals surface area contributed by atoms with Crippen LogP contribution >= 0.6 is 0 Å². The summed E-state index contributed by atoms with van der Waals surface area (Å²) >= 11 is 0. The average Bonchev–Trinajstić information content (AvgIpc) is 3.09. The van der Waals surface area contributed by atoms with E-state index < -0.39 is 12.2 Å². The lowest BCUT2D eigenvalue weighted by molar-refractivity contribution is 0.00140. The van der Waals surface area contributed by atoms with Gasteiger partial charge in [-0.1, -0.05) is 18.6 Å². The number of benzene rings is 1. The first kappa shape index (κ1) is 20.6. The van der Waals surface area contributed by atoms with E-state index in [1.54, 1.807) is 31.5 Å². The molecule has 0 radical (unpaired) electrons. The van der Waals surface area contributed by atoms with Gasteiger partial charge < -0.3 is 19.9 Å². The number of likely N-dealkylation sites (tertiary alicyclic amines) is 1. The third-order valence-electron chi connectivity index (χ3n) is 5.98. The van der Waals surface area contributed by atoms with Gasteiger partial charge in [0.25, 0.3) is 5.91 Å². The number of carbonyl (C=O) groups is 1. The molecule has 0 spiro atoms. The zero-order valence-electron chi connectivity index (χ0n) is 17.2. The second-order valence-electron chi connectivity index (χ2n) is 7.94. The summed E-state index contributed by atoms with van der Waals surface area (Å²) in [4.78, 5) is 19.2. The lowest BCUT2D eigenvalue weighted by Gasteiger charge is -2.37. The number of aliphatic hydroxyl groups is 1. The van der Waals surface area contributed by atoms with Gasteiger partial charge in [-0.05, 0) is 50.2 Å². The first-order valence-corrected chi connectivity index (χ1v) is 10.6. The maximum absolute atomic E-state index is 12.8. The fourth-order valence-electron chi connectivity index (χ4n) is 4.52. The zero-order chi connectivity index (χ0) is 20.9. The molecule has 2 heterocycles. The molecule has 4 rings (SSSR count). The molecule has 4 atom stereocenters. The summed E-state index contributed by atoms with van der Waals surface area (Å²) in [7, 11) is 1.61. The van der Waals surface area contributed by atoms with Gasteiger partial charge >= 0.3 is 0 Å². The molecule has 1 amide bonds. The largest absolute Gasteiger partial charge is 0.497 e. The second-order valence-corrected chi connectivity index (χ2v) is 7.94. The number of aliphatic hydroxyl groups excluding tert-OH is 1.